The largest absolute Gasteiger partial charge is 0.381 e. The molecule has 0 radical (unpaired) electrons. The molecule has 1 unspecified atom stereocenters. The molecule has 1 aliphatic heterocycles. The summed E-state index contributed by atoms with van der Waals surface area (Å²) < 4.78 is 32.0. The maximum absolute atomic E-state index is 12.1. The Kier molecular flexibility index (Phi) is 5.54. The molecule has 0 spiro atoms. The monoisotopic (exact) mass is 298 g/mol. The van der Waals surface area contributed by atoms with Crippen LogP contribution in [0.3, 0.4) is 0 Å². The van der Waals surface area contributed by atoms with Gasteiger partial charge in [-0.2, -0.15) is 0 Å². The summed E-state index contributed by atoms with van der Waals surface area (Å²) in [7, 11) is -3.25. The highest BCUT2D eigenvalue weighted by molar-refractivity contribution is 7.90. The molecular weight excluding hydrogens is 276 g/mol. The van der Waals surface area contributed by atoms with Gasteiger partial charge >= 0.3 is 0 Å². The van der Waals surface area contributed by atoms with Crippen LogP contribution in [0.25, 0.3) is 0 Å². The first-order valence-electron chi connectivity index (χ1n) is 6.96. The molecule has 3 N–H and O–H groups in total. The Morgan fingerprint density at radius 3 is 2.55 bits per heavy atom. The smallest absolute Gasteiger partial charge is 0.214 e. The number of rotatable bonds is 6. The maximum atomic E-state index is 12.1. The van der Waals surface area contributed by atoms with Gasteiger partial charge in [0.05, 0.1) is 5.25 Å². The molecule has 5 nitrogen and oxygen atoms in total. The summed E-state index contributed by atoms with van der Waals surface area (Å²) in [6, 6.07) is 9.57. The van der Waals surface area contributed by atoms with Crippen LogP contribution < -0.4 is 10.5 Å². The van der Waals surface area contributed by atoms with Crippen LogP contribution in [-0.4, -0.2) is 33.4 Å². The van der Waals surface area contributed by atoms with E-state index in [-0.39, 0.29) is 11.3 Å². The Hall–Kier alpha value is -0.950. The molecule has 0 bridgehead atoms. The number of nitrogens with two attached hydrogens (primary N) is 1. The van der Waals surface area contributed by atoms with Crippen LogP contribution >= 0.6 is 0 Å². The molecule has 1 heterocycles. The molecule has 0 aliphatic carbocycles. The Morgan fingerprint density at radius 1 is 1.25 bits per heavy atom. The number of hydrogen-bond acceptors (Lipinski definition) is 4. The third kappa shape index (κ3) is 4.28. The minimum Gasteiger partial charge on any atom is -0.381 e. The molecule has 1 saturated heterocycles. The summed E-state index contributed by atoms with van der Waals surface area (Å²) in [5.41, 5.74) is 7.07. The normalized spacial score (nSPS) is 18.9. The summed E-state index contributed by atoms with van der Waals surface area (Å²) in [6.45, 7) is 1.42. The SMILES string of the molecule is NC(CCNS(=O)(=O)C1CCOCC1)c1ccccc1. The predicted octanol–water partition coefficient (Wildman–Crippen LogP) is 1.17. The number of sulfonamides is 1. The zero-order valence-corrected chi connectivity index (χ0v) is 12.3. The lowest BCUT2D eigenvalue weighted by molar-refractivity contribution is 0.0981. The molecule has 1 atom stereocenters. The molecule has 112 valence electrons. The van der Waals surface area contributed by atoms with Crippen molar-refractivity contribution in [3.05, 3.63) is 35.9 Å². The van der Waals surface area contributed by atoms with E-state index in [1.807, 2.05) is 30.3 Å². The fourth-order valence-electron chi connectivity index (χ4n) is 2.33. The first kappa shape index (κ1) is 15.4. The molecule has 1 aromatic carbocycles. The van der Waals surface area contributed by atoms with Crippen molar-refractivity contribution in [1.29, 1.82) is 0 Å². The van der Waals surface area contributed by atoms with Gasteiger partial charge in [-0.25, -0.2) is 13.1 Å². The highest BCUT2D eigenvalue weighted by Gasteiger charge is 2.27. The minimum atomic E-state index is -3.25. The molecule has 6 heteroatoms. The zero-order chi connectivity index (χ0) is 14.4. The topological polar surface area (TPSA) is 81.4 Å². The predicted molar refractivity (Wildman–Crippen MR) is 78.8 cm³/mol. The number of nitrogens with one attached hydrogen (secondary N) is 1. The highest BCUT2D eigenvalue weighted by atomic mass is 32.2. The van der Waals surface area contributed by atoms with Crippen LogP contribution in [0.2, 0.25) is 0 Å². The minimum absolute atomic E-state index is 0.145. The Morgan fingerprint density at radius 2 is 1.90 bits per heavy atom. The van der Waals surface area contributed by atoms with Gasteiger partial charge < -0.3 is 10.5 Å². The third-order valence-corrected chi connectivity index (χ3v) is 5.55. The number of hydrogen-bond donors (Lipinski definition) is 2. The average Bonchev–Trinajstić information content (AvgIpc) is 2.49. The second-order valence-corrected chi connectivity index (χ2v) is 7.10. The molecule has 2 rings (SSSR count). The van der Waals surface area contributed by atoms with Crippen LogP contribution in [0, 0.1) is 0 Å². The van der Waals surface area contributed by atoms with E-state index in [9.17, 15) is 8.42 Å². The lowest BCUT2D eigenvalue weighted by Gasteiger charge is -2.22. The molecule has 0 aromatic heterocycles. The summed E-state index contributed by atoms with van der Waals surface area (Å²) in [5, 5.41) is -0.329. The van der Waals surface area contributed by atoms with Gasteiger partial charge in [0.2, 0.25) is 10.0 Å². The molecule has 0 saturated carbocycles. The summed E-state index contributed by atoms with van der Waals surface area (Å²) in [4.78, 5) is 0. The van der Waals surface area contributed by atoms with Crippen LogP contribution in [-0.2, 0) is 14.8 Å². The summed E-state index contributed by atoms with van der Waals surface area (Å²) in [6.07, 6.45) is 1.73. The van der Waals surface area contributed by atoms with E-state index in [2.05, 4.69) is 4.72 Å². The van der Waals surface area contributed by atoms with Crippen molar-refractivity contribution in [3.63, 3.8) is 0 Å². The van der Waals surface area contributed by atoms with Gasteiger partial charge in [0.25, 0.3) is 0 Å². The molecular formula is C14H22N2O3S. The van der Waals surface area contributed by atoms with Crippen LogP contribution in [0.15, 0.2) is 30.3 Å². The van der Waals surface area contributed by atoms with E-state index in [0.29, 0.717) is 39.0 Å². The van der Waals surface area contributed by atoms with Gasteiger partial charge in [0.15, 0.2) is 0 Å². The second kappa shape index (κ2) is 7.17. The van der Waals surface area contributed by atoms with E-state index < -0.39 is 10.0 Å². The fourth-order valence-corrected chi connectivity index (χ4v) is 3.78. The Labute approximate surface area is 120 Å². The van der Waals surface area contributed by atoms with Crippen molar-refractivity contribution in [2.75, 3.05) is 19.8 Å². The van der Waals surface area contributed by atoms with Gasteiger partial charge in [0, 0.05) is 25.8 Å². The van der Waals surface area contributed by atoms with Crippen LogP contribution in [0.1, 0.15) is 30.9 Å². The van der Waals surface area contributed by atoms with Gasteiger partial charge in [-0.05, 0) is 24.8 Å². The van der Waals surface area contributed by atoms with Crippen LogP contribution in [0.5, 0.6) is 0 Å². The quantitative estimate of drug-likeness (QED) is 0.826. The van der Waals surface area contributed by atoms with Crippen molar-refractivity contribution < 1.29 is 13.2 Å². The second-order valence-electron chi connectivity index (χ2n) is 5.06. The van der Waals surface area contributed by atoms with Gasteiger partial charge in [-0.15, -0.1) is 0 Å². The third-order valence-electron chi connectivity index (χ3n) is 3.59. The summed E-state index contributed by atoms with van der Waals surface area (Å²) in [5.74, 6) is 0. The van der Waals surface area contributed by atoms with E-state index in [4.69, 9.17) is 10.5 Å². The number of ether oxygens (including phenoxy) is 1. The van der Waals surface area contributed by atoms with Crippen LogP contribution in [0.4, 0.5) is 0 Å². The Bertz CT molecular complexity index is 498. The fraction of sp³-hybridized carbons (Fsp3) is 0.571. The highest BCUT2D eigenvalue weighted by Crippen LogP contribution is 2.16. The van der Waals surface area contributed by atoms with E-state index in [1.54, 1.807) is 0 Å². The molecule has 0 amide bonds. The van der Waals surface area contributed by atoms with Crippen molar-refractivity contribution >= 4 is 10.0 Å². The first-order chi connectivity index (χ1) is 9.59. The zero-order valence-electron chi connectivity index (χ0n) is 11.5. The van der Waals surface area contributed by atoms with E-state index in [1.165, 1.54) is 0 Å². The maximum Gasteiger partial charge on any atom is 0.214 e. The lowest BCUT2D eigenvalue weighted by atomic mass is 10.1. The number of benzene rings is 1. The van der Waals surface area contributed by atoms with Crippen molar-refractivity contribution in [2.24, 2.45) is 5.73 Å². The summed E-state index contributed by atoms with van der Waals surface area (Å²) >= 11 is 0. The van der Waals surface area contributed by atoms with Crippen molar-refractivity contribution in [2.45, 2.75) is 30.6 Å². The molecule has 1 fully saturated rings. The molecule has 1 aliphatic rings. The lowest BCUT2D eigenvalue weighted by Crippen LogP contribution is -2.39. The van der Waals surface area contributed by atoms with Gasteiger partial charge in [-0.1, -0.05) is 30.3 Å². The van der Waals surface area contributed by atoms with E-state index >= 15 is 0 Å². The van der Waals surface area contributed by atoms with E-state index in [0.717, 1.165) is 5.56 Å². The molecule has 20 heavy (non-hydrogen) atoms. The van der Waals surface area contributed by atoms with Gasteiger partial charge in [-0.3, -0.25) is 0 Å². The first-order valence-corrected chi connectivity index (χ1v) is 8.51. The molecule has 1 aromatic rings. The van der Waals surface area contributed by atoms with Crippen molar-refractivity contribution in [3.8, 4) is 0 Å². The Balaban J connectivity index is 1.80. The standard InChI is InChI=1S/C14H22N2O3S/c15-14(12-4-2-1-3-5-12)6-9-16-20(17,18)13-7-10-19-11-8-13/h1-5,13-14,16H,6-11,15H2. The van der Waals surface area contributed by atoms with Gasteiger partial charge in [0.1, 0.15) is 0 Å². The van der Waals surface area contributed by atoms with Crippen molar-refractivity contribution in [1.82, 2.24) is 4.72 Å². The average molecular weight is 298 g/mol.